The first-order chi connectivity index (χ1) is 13.1. The number of aromatic nitrogens is 2. The molecule has 1 atom stereocenters. The minimum absolute atomic E-state index is 0.00798. The molecule has 2 heterocycles. The summed E-state index contributed by atoms with van der Waals surface area (Å²) in [5.41, 5.74) is 9.35. The van der Waals surface area contributed by atoms with E-state index in [1.807, 2.05) is 35.4 Å². The molecular formula is C20H22ClN5O. The highest BCUT2D eigenvalue weighted by molar-refractivity contribution is 6.30. The third-order valence-corrected chi connectivity index (χ3v) is 5.32. The second-order valence-electron chi connectivity index (χ2n) is 6.89. The van der Waals surface area contributed by atoms with Gasteiger partial charge in [-0.3, -0.25) is 9.89 Å². The largest absolute Gasteiger partial charge is 0.368 e. The summed E-state index contributed by atoms with van der Waals surface area (Å²) in [5, 5.41) is 8.85. The maximum atomic E-state index is 12.7. The van der Waals surface area contributed by atoms with Crippen LogP contribution in [0.2, 0.25) is 5.02 Å². The van der Waals surface area contributed by atoms with Gasteiger partial charge >= 0.3 is 0 Å². The van der Waals surface area contributed by atoms with Gasteiger partial charge in [-0.15, -0.1) is 0 Å². The number of hydrogen-bond donors (Lipinski definition) is 2. The van der Waals surface area contributed by atoms with Gasteiger partial charge in [0.15, 0.2) is 0 Å². The normalized spacial score (nSPS) is 15.9. The fourth-order valence-corrected chi connectivity index (χ4v) is 3.63. The number of nitrogens with two attached hydrogens (primary N) is 1. The summed E-state index contributed by atoms with van der Waals surface area (Å²) < 4.78 is 0. The van der Waals surface area contributed by atoms with Crippen LogP contribution in [0.1, 0.15) is 5.56 Å². The number of rotatable bonds is 4. The molecule has 0 radical (unpaired) electrons. The monoisotopic (exact) mass is 383 g/mol. The molecule has 0 aliphatic carbocycles. The Kier molecular flexibility index (Phi) is 5.01. The molecule has 7 heteroatoms. The molecule has 2 aromatic carbocycles. The van der Waals surface area contributed by atoms with Crippen molar-refractivity contribution in [2.24, 2.45) is 5.73 Å². The number of carbonyl (C=O) groups is 1. The van der Waals surface area contributed by atoms with Crippen LogP contribution in [0.5, 0.6) is 0 Å². The summed E-state index contributed by atoms with van der Waals surface area (Å²) in [6, 6.07) is 13.2. The van der Waals surface area contributed by atoms with E-state index in [0.717, 1.165) is 35.2 Å². The number of aromatic amines is 1. The fourth-order valence-electron chi connectivity index (χ4n) is 3.50. The number of fused-ring (bicyclic) bond motifs is 1. The first kappa shape index (κ1) is 17.8. The summed E-state index contributed by atoms with van der Waals surface area (Å²) in [6.07, 6.45) is 2.34. The van der Waals surface area contributed by atoms with E-state index in [1.54, 1.807) is 0 Å². The summed E-state index contributed by atoms with van der Waals surface area (Å²) in [7, 11) is 0. The molecule has 0 spiro atoms. The Balaban J connectivity index is 1.35. The van der Waals surface area contributed by atoms with E-state index >= 15 is 0 Å². The number of hydrogen-bond acceptors (Lipinski definition) is 4. The number of nitrogens with zero attached hydrogens (tertiary/aromatic N) is 3. The van der Waals surface area contributed by atoms with Crippen LogP contribution in [0.25, 0.3) is 10.9 Å². The van der Waals surface area contributed by atoms with Gasteiger partial charge in [0.2, 0.25) is 5.91 Å². The van der Waals surface area contributed by atoms with E-state index in [-0.39, 0.29) is 5.91 Å². The van der Waals surface area contributed by atoms with Crippen molar-refractivity contribution < 1.29 is 4.79 Å². The number of amides is 1. The number of nitrogens with one attached hydrogen (secondary N) is 1. The zero-order valence-electron chi connectivity index (χ0n) is 14.9. The summed E-state index contributed by atoms with van der Waals surface area (Å²) in [6.45, 7) is 2.93. The average Bonchev–Trinajstić information content (AvgIpc) is 3.17. The topological polar surface area (TPSA) is 78.2 Å². The van der Waals surface area contributed by atoms with E-state index in [2.05, 4.69) is 33.3 Å². The van der Waals surface area contributed by atoms with Gasteiger partial charge in [-0.25, -0.2) is 0 Å². The minimum atomic E-state index is -0.529. The lowest BCUT2D eigenvalue weighted by Gasteiger charge is -2.37. The first-order valence-electron chi connectivity index (χ1n) is 9.07. The van der Waals surface area contributed by atoms with E-state index < -0.39 is 6.04 Å². The van der Waals surface area contributed by atoms with Crippen LogP contribution >= 0.6 is 11.6 Å². The molecule has 1 aliphatic heterocycles. The second kappa shape index (κ2) is 7.58. The predicted molar refractivity (Wildman–Crippen MR) is 108 cm³/mol. The minimum Gasteiger partial charge on any atom is -0.368 e. The zero-order valence-corrected chi connectivity index (χ0v) is 15.7. The van der Waals surface area contributed by atoms with E-state index in [1.165, 1.54) is 0 Å². The molecule has 1 fully saturated rings. The molecule has 1 aromatic heterocycles. The predicted octanol–water partition coefficient (Wildman–Crippen LogP) is 2.43. The molecule has 3 N–H and O–H groups in total. The standard InChI is InChI=1S/C20H22ClN5O/c21-16-4-1-14(2-5-16)11-18(22)20(27)26-9-7-25(8-10-26)17-6-3-15-13-23-24-19(15)12-17/h1-6,12-13,18H,7-11,22H2,(H,23,24)/t18-/m1/s1. The first-order valence-corrected chi connectivity index (χ1v) is 9.45. The number of anilines is 1. The fraction of sp³-hybridized carbons (Fsp3) is 0.300. The number of piperazine rings is 1. The third kappa shape index (κ3) is 3.91. The van der Waals surface area contributed by atoms with Crippen molar-refractivity contribution in [2.45, 2.75) is 12.5 Å². The van der Waals surface area contributed by atoms with E-state index in [9.17, 15) is 4.79 Å². The maximum absolute atomic E-state index is 12.7. The highest BCUT2D eigenvalue weighted by atomic mass is 35.5. The highest BCUT2D eigenvalue weighted by Gasteiger charge is 2.25. The zero-order chi connectivity index (χ0) is 18.8. The summed E-state index contributed by atoms with van der Waals surface area (Å²) >= 11 is 5.91. The molecule has 0 saturated carbocycles. The molecule has 1 amide bonds. The van der Waals surface area contributed by atoms with Crippen molar-refractivity contribution in [2.75, 3.05) is 31.1 Å². The van der Waals surface area contributed by atoms with Crippen LogP contribution < -0.4 is 10.6 Å². The molecule has 1 aliphatic rings. The lowest BCUT2D eigenvalue weighted by molar-refractivity contribution is -0.132. The van der Waals surface area contributed by atoms with Gasteiger partial charge in [0.1, 0.15) is 0 Å². The smallest absolute Gasteiger partial charge is 0.239 e. The van der Waals surface area contributed by atoms with E-state index in [4.69, 9.17) is 17.3 Å². The molecule has 0 unspecified atom stereocenters. The van der Waals surface area contributed by atoms with Crippen molar-refractivity contribution in [1.82, 2.24) is 15.1 Å². The van der Waals surface area contributed by atoms with E-state index in [0.29, 0.717) is 24.5 Å². The van der Waals surface area contributed by atoms with Crippen molar-refractivity contribution in [3.63, 3.8) is 0 Å². The Labute approximate surface area is 162 Å². The van der Waals surface area contributed by atoms with Crippen LogP contribution in [0, 0.1) is 0 Å². The van der Waals surface area contributed by atoms with Crippen molar-refractivity contribution >= 4 is 34.1 Å². The molecular weight excluding hydrogens is 362 g/mol. The molecule has 3 aromatic rings. The van der Waals surface area contributed by atoms with Crippen LogP contribution in [0.4, 0.5) is 5.69 Å². The third-order valence-electron chi connectivity index (χ3n) is 5.07. The quantitative estimate of drug-likeness (QED) is 0.725. The van der Waals surface area contributed by atoms with Gasteiger partial charge in [-0.1, -0.05) is 23.7 Å². The van der Waals surface area contributed by atoms with Gasteiger partial charge < -0.3 is 15.5 Å². The number of H-pyrrole nitrogens is 1. The summed E-state index contributed by atoms with van der Waals surface area (Å²) in [4.78, 5) is 16.8. The lowest BCUT2D eigenvalue weighted by atomic mass is 10.1. The van der Waals surface area contributed by atoms with Gasteiger partial charge in [0, 0.05) is 42.3 Å². The molecule has 1 saturated heterocycles. The Bertz CT molecular complexity index is 931. The van der Waals surface area contributed by atoms with Crippen LogP contribution in [0.15, 0.2) is 48.7 Å². The maximum Gasteiger partial charge on any atom is 0.239 e. The number of carbonyl (C=O) groups excluding carboxylic acids is 1. The summed E-state index contributed by atoms with van der Waals surface area (Å²) in [5.74, 6) is 0.00798. The lowest BCUT2D eigenvalue weighted by Crippen LogP contribution is -2.53. The molecule has 0 bridgehead atoms. The molecule has 6 nitrogen and oxygen atoms in total. The SMILES string of the molecule is N[C@H](Cc1ccc(Cl)cc1)C(=O)N1CCN(c2ccc3cn[nH]c3c2)CC1. The Morgan fingerprint density at radius 3 is 2.63 bits per heavy atom. The van der Waals surface area contributed by atoms with Crippen molar-refractivity contribution in [3.8, 4) is 0 Å². The van der Waals surface area contributed by atoms with Gasteiger partial charge in [0.25, 0.3) is 0 Å². The van der Waals surface area contributed by atoms with Crippen molar-refractivity contribution in [3.05, 3.63) is 59.2 Å². The average molecular weight is 384 g/mol. The van der Waals surface area contributed by atoms with Gasteiger partial charge in [-0.05, 0) is 42.3 Å². The van der Waals surface area contributed by atoms with Crippen LogP contribution in [0.3, 0.4) is 0 Å². The van der Waals surface area contributed by atoms with Crippen LogP contribution in [-0.4, -0.2) is 53.2 Å². The Hall–Kier alpha value is -2.57. The highest BCUT2D eigenvalue weighted by Crippen LogP contribution is 2.22. The van der Waals surface area contributed by atoms with Gasteiger partial charge in [-0.2, -0.15) is 5.10 Å². The Morgan fingerprint density at radius 2 is 1.89 bits per heavy atom. The van der Waals surface area contributed by atoms with Crippen molar-refractivity contribution in [1.29, 1.82) is 0 Å². The van der Waals surface area contributed by atoms with Crippen LogP contribution in [-0.2, 0) is 11.2 Å². The Morgan fingerprint density at radius 1 is 1.15 bits per heavy atom. The number of benzene rings is 2. The second-order valence-corrected chi connectivity index (χ2v) is 7.33. The molecule has 140 valence electrons. The number of halogens is 1. The molecule has 27 heavy (non-hydrogen) atoms. The molecule has 4 rings (SSSR count). The van der Waals surface area contributed by atoms with Gasteiger partial charge in [0.05, 0.1) is 17.8 Å².